The van der Waals surface area contributed by atoms with Crippen LogP contribution in [0.4, 0.5) is 13.2 Å². The molecule has 96 valence electrons. The van der Waals surface area contributed by atoms with Gasteiger partial charge in [0.1, 0.15) is 5.75 Å². The molecule has 0 fully saturated rings. The molecule has 0 aliphatic heterocycles. The maximum Gasteiger partial charge on any atom is 0.392 e. The second kappa shape index (κ2) is 6.12. The van der Waals surface area contributed by atoms with E-state index in [1.54, 1.807) is 18.2 Å². The molecule has 0 radical (unpaired) electrons. The number of benzene rings is 1. The van der Waals surface area contributed by atoms with Crippen LogP contribution in [0.1, 0.15) is 12.0 Å². The number of alkyl halides is 3. The fraction of sp³-hybridized carbons (Fsp3) is 0.455. The number of ether oxygens (including phenoxy) is 1. The summed E-state index contributed by atoms with van der Waals surface area (Å²) in [6, 6.07) is 4.88. The summed E-state index contributed by atoms with van der Waals surface area (Å²) in [4.78, 5) is 0. The van der Waals surface area contributed by atoms with E-state index in [0.717, 1.165) is 0 Å². The minimum Gasteiger partial charge on any atom is -0.493 e. The fourth-order valence-corrected chi connectivity index (χ4v) is 1.60. The van der Waals surface area contributed by atoms with Gasteiger partial charge < -0.3 is 10.5 Å². The summed E-state index contributed by atoms with van der Waals surface area (Å²) < 4.78 is 41.0. The molecule has 0 aliphatic rings. The van der Waals surface area contributed by atoms with Crippen molar-refractivity contribution in [2.45, 2.75) is 19.0 Å². The standard InChI is InChI=1S/C11H13ClF3NO/c12-9-2-1-3-10(8(9)4-6-16)17-7-5-11(13,14)15/h1-3H,4-7,16H2. The lowest BCUT2D eigenvalue weighted by molar-refractivity contribution is -0.139. The Labute approximate surface area is 103 Å². The zero-order chi connectivity index (χ0) is 12.9. The summed E-state index contributed by atoms with van der Waals surface area (Å²) in [6.45, 7) is -0.0548. The summed E-state index contributed by atoms with van der Waals surface area (Å²) in [7, 11) is 0. The number of rotatable bonds is 5. The fourth-order valence-electron chi connectivity index (χ4n) is 1.34. The zero-order valence-corrected chi connectivity index (χ0v) is 9.81. The molecule has 0 aliphatic carbocycles. The van der Waals surface area contributed by atoms with Crippen molar-refractivity contribution in [2.75, 3.05) is 13.2 Å². The van der Waals surface area contributed by atoms with Crippen molar-refractivity contribution in [3.05, 3.63) is 28.8 Å². The molecule has 1 aromatic rings. The van der Waals surface area contributed by atoms with Crippen molar-refractivity contribution in [3.8, 4) is 5.75 Å². The van der Waals surface area contributed by atoms with Crippen molar-refractivity contribution in [1.29, 1.82) is 0 Å². The Hall–Kier alpha value is -0.940. The molecule has 17 heavy (non-hydrogen) atoms. The highest BCUT2D eigenvalue weighted by atomic mass is 35.5. The SMILES string of the molecule is NCCc1c(Cl)cccc1OCCC(F)(F)F. The third kappa shape index (κ3) is 4.83. The molecule has 0 saturated heterocycles. The van der Waals surface area contributed by atoms with E-state index < -0.39 is 19.2 Å². The van der Waals surface area contributed by atoms with Gasteiger partial charge in [-0.05, 0) is 25.1 Å². The average Bonchev–Trinajstić information content (AvgIpc) is 2.21. The Morgan fingerprint density at radius 2 is 2.00 bits per heavy atom. The first-order valence-corrected chi connectivity index (χ1v) is 5.49. The highest BCUT2D eigenvalue weighted by molar-refractivity contribution is 6.31. The van der Waals surface area contributed by atoms with Gasteiger partial charge in [-0.1, -0.05) is 17.7 Å². The van der Waals surface area contributed by atoms with Crippen molar-refractivity contribution in [1.82, 2.24) is 0 Å². The van der Waals surface area contributed by atoms with Gasteiger partial charge in [0.2, 0.25) is 0 Å². The van der Waals surface area contributed by atoms with Gasteiger partial charge in [-0.15, -0.1) is 0 Å². The topological polar surface area (TPSA) is 35.2 Å². The molecule has 0 amide bonds. The summed E-state index contributed by atoms with van der Waals surface area (Å²) in [5, 5.41) is 0.458. The van der Waals surface area contributed by atoms with Crippen LogP contribution in [0.15, 0.2) is 18.2 Å². The summed E-state index contributed by atoms with van der Waals surface area (Å²) in [6.07, 6.45) is -4.73. The Morgan fingerprint density at radius 1 is 1.29 bits per heavy atom. The van der Waals surface area contributed by atoms with Gasteiger partial charge in [0.05, 0.1) is 13.0 Å². The van der Waals surface area contributed by atoms with Crippen molar-refractivity contribution in [3.63, 3.8) is 0 Å². The normalized spacial score (nSPS) is 11.6. The molecule has 2 nitrogen and oxygen atoms in total. The van der Waals surface area contributed by atoms with E-state index in [4.69, 9.17) is 22.1 Å². The Balaban J connectivity index is 2.67. The zero-order valence-electron chi connectivity index (χ0n) is 9.06. The van der Waals surface area contributed by atoms with Crippen LogP contribution in [-0.2, 0) is 6.42 Å². The van der Waals surface area contributed by atoms with Gasteiger partial charge in [-0.2, -0.15) is 13.2 Å². The summed E-state index contributed by atoms with van der Waals surface area (Å²) >= 11 is 5.92. The van der Waals surface area contributed by atoms with Gasteiger partial charge in [-0.25, -0.2) is 0 Å². The van der Waals surface area contributed by atoms with E-state index in [0.29, 0.717) is 29.3 Å². The van der Waals surface area contributed by atoms with Gasteiger partial charge in [0.15, 0.2) is 0 Å². The van der Waals surface area contributed by atoms with Crippen molar-refractivity contribution >= 4 is 11.6 Å². The maximum absolute atomic E-state index is 12.0. The van der Waals surface area contributed by atoms with E-state index in [-0.39, 0.29) is 0 Å². The van der Waals surface area contributed by atoms with Crippen LogP contribution in [0.5, 0.6) is 5.75 Å². The first-order chi connectivity index (χ1) is 7.94. The van der Waals surface area contributed by atoms with Crippen LogP contribution >= 0.6 is 11.6 Å². The number of hydrogen-bond acceptors (Lipinski definition) is 2. The van der Waals surface area contributed by atoms with Crippen LogP contribution in [0, 0.1) is 0 Å². The lowest BCUT2D eigenvalue weighted by Crippen LogP contribution is -2.14. The highest BCUT2D eigenvalue weighted by Gasteiger charge is 2.27. The molecule has 2 N–H and O–H groups in total. The van der Waals surface area contributed by atoms with Gasteiger partial charge in [-0.3, -0.25) is 0 Å². The lowest BCUT2D eigenvalue weighted by Gasteiger charge is -2.13. The molecule has 1 rings (SSSR count). The van der Waals surface area contributed by atoms with Gasteiger partial charge in [0, 0.05) is 10.6 Å². The Kier molecular flexibility index (Phi) is 5.08. The minimum atomic E-state index is -4.22. The molecule has 0 spiro atoms. The van der Waals surface area contributed by atoms with Gasteiger partial charge >= 0.3 is 6.18 Å². The molecule has 0 bridgehead atoms. The maximum atomic E-state index is 12.0. The third-order valence-corrected chi connectivity index (χ3v) is 2.47. The van der Waals surface area contributed by atoms with Crippen LogP contribution < -0.4 is 10.5 Å². The van der Waals surface area contributed by atoms with E-state index in [1.165, 1.54) is 0 Å². The minimum absolute atomic E-state index is 0.360. The van der Waals surface area contributed by atoms with E-state index in [9.17, 15) is 13.2 Å². The Morgan fingerprint density at radius 3 is 2.59 bits per heavy atom. The quantitative estimate of drug-likeness (QED) is 0.889. The molecule has 0 heterocycles. The number of nitrogens with two attached hydrogens (primary N) is 1. The molecular weight excluding hydrogens is 255 g/mol. The summed E-state index contributed by atoms with van der Waals surface area (Å²) in [5.41, 5.74) is 6.05. The molecule has 0 unspecified atom stereocenters. The van der Waals surface area contributed by atoms with Crippen LogP contribution in [0.2, 0.25) is 5.02 Å². The monoisotopic (exact) mass is 267 g/mol. The first-order valence-electron chi connectivity index (χ1n) is 5.11. The second-order valence-corrected chi connectivity index (χ2v) is 3.88. The smallest absolute Gasteiger partial charge is 0.392 e. The predicted octanol–water partition coefficient (Wildman–Crippen LogP) is 3.17. The van der Waals surface area contributed by atoms with Crippen LogP contribution in [0.25, 0.3) is 0 Å². The van der Waals surface area contributed by atoms with E-state index in [2.05, 4.69) is 0 Å². The van der Waals surface area contributed by atoms with Crippen LogP contribution in [0.3, 0.4) is 0 Å². The van der Waals surface area contributed by atoms with Gasteiger partial charge in [0.25, 0.3) is 0 Å². The molecule has 0 atom stereocenters. The average molecular weight is 268 g/mol. The van der Waals surface area contributed by atoms with E-state index >= 15 is 0 Å². The number of halogens is 4. The third-order valence-electron chi connectivity index (χ3n) is 2.11. The molecule has 0 saturated carbocycles. The lowest BCUT2D eigenvalue weighted by atomic mass is 10.1. The molecule has 6 heteroatoms. The number of hydrogen-bond donors (Lipinski definition) is 1. The Bertz CT molecular complexity index is 368. The predicted molar refractivity (Wildman–Crippen MR) is 60.4 cm³/mol. The van der Waals surface area contributed by atoms with Crippen molar-refractivity contribution < 1.29 is 17.9 Å². The highest BCUT2D eigenvalue weighted by Crippen LogP contribution is 2.27. The molecular formula is C11H13ClF3NO. The van der Waals surface area contributed by atoms with Crippen LogP contribution in [-0.4, -0.2) is 19.3 Å². The van der Waals surface area contributed by atoms with E-state index in [1.807, 2.05) is 0 Å². The second-order valence-electron chi connectivity index (χ2n) is 3.47. The first kappa shape index (κ1) is 14.1. The summed E-state index contributed by atoms with van der Waals surface area (Å²) in [5.74, 6) is 0.368. The molecule has 1 aromatic carbocycles. The largest absolute Gasteiger partial charge is 0.493 e. The van der Waals surface area contributed by atoms with Crippen molar-refractivity contribution in [2.24, 2.45) is 5.73 Å². The molecule has 0 aromatic heterocycles.